The van der Waals surface area contributed by atoms with Crippen molar-refractivity contribution in [1.82, 2.24) is 24.3 Å². The lowest BCUT2D eigenvalue weighted by molar-refractivity contribution is -0.135. The van der Waals surface area contributed by atoms with Crippen molar-refractivity contribution >= 4 is 29.0 Å². The van der Waals surface area contributed by atoms with Crippen molar-refractivity contribution in [2.24, 2.45) is 5.41 Å². The van der Waals surface area contributed by atoms with Crippen LogP contribution in [0.5, 0.6) is 5.75 Å². The van der Waals surface area contributed by atoms with Gasteiger partial charge in [-0.05, 0) is 75.4 Å². The van der Waals surface area contributed by atoms with Gasteiger partial charge in [0.25, 0.3) is 11.8 Å². The third kappa shape index (κ3) is 4.14. The summed E-state index contributed by atoms with van der Waals surface area (Å²) >= 11 is 0. The highest BCUT2D eigenvalue weighted by atomic mass is 19.3. The third-order valence-corrected chi connectivity index (χ3v) is 8.99. The van der Waals surface area contributed by atoms with Crippen molar-refractivity contribution in [2.75, 3.05) is 24.2 Å². The Morgan fingerprint density at radius 3 is 2.72 bits per heavy atom. The first kappa shape index (κ1) is 27.2. The molecule has 3 aromatic heterocycles. The first-order chi connectivity index (χ1) is 20.6. The Kier molecular flexibility index (Phi) is 6.15. The molecule has 2 amide bonds. The molecule has 12 heteroatoms. The SMILES string of the molecule is CCOc1cc(C(=O)Nc2cc(C)ccn2)ccc1-c1nc([C@@H]2CC[C@@H]3N(C2)C(=O)C2(CC2)C3(F)F)n2ccnc(N)c12. The van der Waals surface area contributed by atoms with Crippen LogP contribution in [0.1, 0.15) is 60.3 Å². The van der Waals surface area contributed by atoms with E-state index in [4.69, 9.17) is 15.5 Å². The van der Waals surface area contributed by atoms with E-state index in [2.05, 4.69) is 15.3 Å². The number of carbonyl (C=O) groups excluding carboxylic acids is 2. The Labute approximate surface area is 246 Å². The summed E-state index contributed by atoms with van der Waals surface area (Å²) in [6, 6.07) is 7.61. The molecule has 2 saturated heterocycles. The first-order valence-corrected chi connectivity index (χ1v) is 14.5. The molecule has 7 rings (SSSR count). The lowest BCUT2D eigenvalue weighted by atomic mass is 9.89. The smallest absolute Gasteiger partial charge is 0.282 e. The Morgan fingerprint density at radius 2 is 1.98 bits per heavy atom. The number of alkyl halides is 2. The molecule has 3 fully saturated rings. The zero-order valence-electron chi connectivity index (χ0n) is 23.8. The number of carbonyl (C=O) groups is 2. The minimum absolute atomic E-state index is 0.159. The minimum atomic E-state index is -3.01. The largest absolute Gasteiger partial charge is 0.493 e. The third-order valence-electron chi connectivity index (χ3n) is 8.99. The number of nitrogen functional groups attached to an aromatic ring is 1. The molecule has 222 valence electrons. The van der Waals surface area contributed by atoms with E-state index in [0.29, 0.717) is 52.8 Å². The fraction of sp³-hybridized carbons (Fsp3) is 0.387. The summed E-state index contributed by atoms with van der Waals surface area (Å²) in [6.45, 7) is 4.25. The number of pyridine rings is 1. The summed E-state index contributed by atoms with van der Waals surface area (Å²) < 4.78 is 38.3. The van der Waals surface area contributed by atoms with Gasteiger partial charge in [0.15, 0.2) is 0 Å². The Bertz CT molecular complexity index is 1780. The van der Waals surface area contributed by atoms with Crippen molar-refractivity contribution in [1.29, 1.82) is 0 Å². The van der Waals surface area contributed by atoms with Gasteiger partial charge in [-0.3, -0.25) is 14.0 Å². The number of nitrogens with zero attached hydrogens (tertiary/aromatic N) is 5. The molecule has 1 saturated carbocycles. The maximum absolute atomic E-state index is 15.2. The van der Waals surface area contributed by atoms with Crippen molar-refractivity contribution in [3.05, 3.63) is 65.9 Å². The Morgan fingerprint density at radius 1 is 1.16 bits per heavy atom. The monoisotopic (exact) mass is 587 g/mol. The molecule has 3 aliphatic rings. The zero-order valence-corrected chi connectivity index (χ0v) is 23.8. The number of imidazole rings is 1. The molecule has 0 radical (unpaired) electrons. The number of nitrogens with one attached hydrogen (secondary N) is 1. The van der Waals surface area contributed by atoms with E-state index in [9.17, 15) is 9.59 Å². The zero-order chi connectivity index (χ0) is 30.1. The standard InChI is InChI=1S/C31H31F2N7O3/c1-3-43-21-15-18(28(41)37-23-14-17(2)8-11-35-23)4-6-20(21)24-25-26(34)36-12-13-39(25)27(38-24)19-5-7-22-31(32,33)30(9-10-30)29(42)40(22)16-19/h4,6,8,11-15,19,22H,3,5,7,9-10,16H2,1-2H3,(H2,34,36)(H,35,37,41)/t19-,22+/m1/s1. The number of benzene rings is 1. The van der Waals surface area contributed by atoms with Crippen LogP contribution in [0.4, 0.5) is 20.4 Å². The van der Waals surface area contributed by atoms with Crippen LogP contribution in [0.25, 0.3) is 16.8 Å². The molecule has 3 N–H and O–H groups in total. The predicted molar refractivity (Wildman–Crippen MR) is 155 cm³/mol. The number of anilines is 2. The molecule has 1 spiro atoms. The highest BCUT2D eigenvalue weighted by Gasteiger charge is 2.77. The molecule has 0 unspecified atom stereocenters. The number of fused-ring (bicyclic) bond motifs is 2. The van der Waals surface area contributed by atoms with E-state index in [1.807, 2.05) is 24.3 Å². The highest BCUT2D eigenvalue weighted by molar-refractivity contribution is 6.04. The van der Waals surface area contributed by atoms with Crippen molar-refractivity contribution in [3.8, 4) is 17.0 Å². The van der Waals surface area contributed by atoms with Gasteiger partial charge < -0.3 is 20.7 Å². The van der Waals surface area contributed by atoms with Crippen LogP contribution in [0.15, 0.2) is 48.9 Å². The number of aryl methyl sites for hydroxylation is 1. The maximum atomic E-state index is 15.2. The van der Waals surface area contributed by atoms with Gasteiger partial charge in [-0.25, -0.2) is 23.7 Å². The average Bonchev–Trinajstić information content (AvgIpc) is 3.69. The number of ether oxygens (including phenoxy) is 1. The molecule has 1 aliphatic carbocycles. The van der Waals surface area contributed by atoms with E-state index in [1.165, 1.54) is 4.90 Å². The summed E-state index contributed by atoms with van der Waals surface area (Å²) in [6.07, 6.45) is 6.05. The average molecular weight is 588 g/mol. The number of rotatable bonds is 6. The van der Waals surface area contributed by atoms with Crippen molar-refractivity contribution in [2.45, 2.75) is 57.4 Å². The van der Waals surface area contributed by atoms with Gasteiger partial charge >= 0.3 is 0 Å². The second kappa shape index (κ2) is 9.72. The fourth-order valence-electron chi connectivity index (χ4n) is 6.68. The molecular weight excluding hydrogens is 556 g/mol. The summed E-state index contributed by atoms with van der Waals surface area (Å²) in [5.74, 6) is -2.37. The lowest BCUT2D eigenvalue weighted by Crippen LogP contribution is -2.46. The molecule has 1 aromatic carbocycles. The molecule has 43 heavy (non-hydrogen) atoms. The fourth-order valence-corrected chi connectivity index (χ4v) is 6.68. The maximum Gasteiger partial charge on any atom is 0.282 e. The first-order valence-electron chi connectivity index (χ1n) is 14.5. The van der Waals surface area contributed by atoms with E-state index in [0.717, 1.165) is 5.56 Å². The van der Waals surface area contributed by atoms with E-state index in [1.54, 1.807) is 42.9 Å². The van der Waals surface area contributed by atoms with Gasteiger partial charge in [0, 0.05) is 42.2 Å². The van der Waals surface area contributed by atoms with Gasteiger partial charge in [-0.1, -0.05) is 0 Å². The highest BCUT2D eigenvalue weighted by Crippen LogP contribution is 2.65. The molecule has 2 atom stereocenters. The van der Waals surface area contributed by atoms with E-state index >= 15 is 8.78 Å². The quantitative estimate of drug-likeness (QED) is 0.331. The van der Waals surface area contributed by atoms with Gasteiger partial charge in [0.1, 0.15) is 39.8 Å². The minimum Gasteiger partial charge on any atom is -0.493 e. The van der Waals surface area contributed by atoms with Crippen LogP contribution in [-0.4, -0.2) is 61.2 Å². The summed E-state index contributed by atoms with van der Waals surface area (Å²) in [4.78, 5) is 41.1. The second-order valence-corrected chi connectivity index (χ2v) is 11.6. The number of hydrogen-bond acceptors (Lipinski definition) is 7. The number of piperidine rings is 1. The lowest BCUT2D eigenvalue weighted by Gasteiger charge is -2.36. The Balaban J connectivity index is 1.25. The van der Waals surface area contributed by atoms with E-state index < -0.39 is 23.3 Å². The van der Waals surface area contributed by atoms with Gasteiger partial charge in [0.05, 0.1) is 12.6 Å². The van der Waals surface area contributed by atoms with Crippen LogP contribution in [-0.2, 0) is 4.79 Å². The van der Waals surface area contributed by atoms with Crippen LogP contribution in [0, 0.1) is 12.3 Å². The number of amides is 2. The summed E-state index contributed by atoms with van der Waals surface area (Å²) in [7, 11) is 0. The molecule has 4 aromatic rings. The number of hydrogen-bond donors (Lipinski definition) is 2. The van der Waals surface area contributed by atoms with Crippen LogP contribution < -0.4 is 15.8 Å². The van der Waals surface area contributed by atoms with Gasteiger partial charge in [-0.2, -0.15) is 0 Å². The van der Waals surface area contributed by atoms with Crippen molar-refractivity contribution < 1.29 is 23.1 Å². The molecule has 2 aliphatic heterocycles. The van der Waals surface area contributed by atoms with Crippen LogP contribution >= 0.6 is 0 Å². The normalized spacial score (nSPS) is 21.7. The summed E-state index contributed by atoms with van der Waals surface area (Å²) in [5.41, 5.74) is 7.83. The topological polar surface area (TPSA) is 128 Å². The molecular formula is C31H31F2N7O3. The summed E-state index contributed by atoms with van der Waals surface area (Å²) in [5, 5.41) is 2.81. The van der Waals surface area contributed by atoms with E-state index in [-0.39, 0.29) is 43.5 Å². The van der Waals surface area contributed by atoms with Crippen LogP contribution in [0.2, 0.25) is 0 Å². The number of aromatic nitrogens is 4. The Hall–Kier alpha value is -4.61. The molecule has 5 heterocycles. The number of nitrogens with two attached hydrogens (primary N) is 1. The predicted octanol–water partition coefficient (Wildman–Crippen LogP) is 4.84. The second-order valence-electron chi connectivity index (χ2n) is 11.6. The van der Waals surface area contributed by atoms with Crippen molar-refractivity contribution in [3.63, 3.8) is 0 Å². The van der Waals surface area contributed by atoms with Gasteiger partial charge in [-0.15, -0.1) is 0 Å². The van der Waals surface area contributed by atoms with Gasteiger partial charge in [0.2, 0.25) is 5.91 Å². The number of halogens is 2. The van der Waals surface area contributed by atoms with Crippen LogP contribution in [0.3, 0.4) is 0 Å². The molecule has 0 bridgehead atoms. The molecule has 10 nitrogen and oxygen atoms in total.